The Balaban J connectivity index is 1.51. The molecule has 2 aliphatic rings. The van der Waals surface area contributed by atoms with Crippen molar-refractivity contribution in [2.45, 2.75) is 51.5 Å². The summed E-state index contributed by atoms with van der Waals surface area (Å²) in [4.78, 5) is 17.5. The maximum Gasteiger partial charge on any atom is 0.253 e. The molecule has 1 fully saturated rings. The Morgan fingerprint density at radius 1 is 1.17 bits per heavy atom. The van der Waals surface area contributed by atoms with Crippen LogP contribution in [-0.4, -0.2) is 58.2 Å². The van der Waals surface area contributed by atoms with Crippen molar-refractivity contribution in [1.29, 1.82) is 0 Å². The summed E-state index contributed by atoms with van der Waals surface area (Å²) >= 11 is 6.39. The van der Waals surface area contributed by atoms with Gasteiger partial charge < -0.3 is 19.3 Å². The molecule has 2 aliphatic heterocycles. The largest absolute Gasteiger partial charge is 0.491 e. The van der Waals surface area contributed by atoms with Gasteiger partial charge >= 0.3 is 0 Å². The van der Waals surface area contributed by atoms with Crippen molar-refractivity contribution < 1.29 is 14.6 Å². The van der Waals surface area contributed by atoms with Gasteiger partial charge in [0, 0.05) is 43.0 Å². The predicted octanol–water partition coefficient (Wildman–Crippen LogP) is 3.50. The van der Waals surface area contributed by atoms with Crippen LogP contribution in [0.5, 0.6) is 5.75 Å². The van der Waals surface area contributed by atoms with Crippen molar-refractivity contribution >= 4 is 17.5 Å². The van der Waals surface area contributed by atoms with Gasteiger partial charge in [0.25, 0.3) is 5.91 Å². The molecule has 7 heteroatoms. The standard InChI is InChI=1S/C23H30ClN3O3/c1-16(2)30-19-5-4-17(14-18(19)15-28)22(29)26-10-8-23(9-11-26)20-6-7-21(24)27(20)13-12-25(23)3/h4-7,14,16,28H,8-13,15H2,1-3H3. The van der Waals surface area contributed by atoms with E-state index < -0.39 is 0 Å². The normalized spacial score (nSPS) is 18.7. The van der Waals surface area contributed by atoms with E-state index in [2.05, 4.69) is 22.6 Å². The third kappa shape index (κ3) is 3.61. The van der Waals surface area contributed by atoms with Crippen LogP contribution in [-0.2, 0) is 18.7 Å². The van der Waals surface area contributed by atoms with E-state index in [0.29, 0.717) is 30.0 Å². The van der Waals surface area contributed by atoms with Gasteiger partial charge in [0.2, 0.25) is 0 Å². The number of piperidine rings is 1. The number of fused-ring (bicyclic) bond motifs is 2. The Kier molecular flexibility index (Phi) is 5.84. The summed E-state index contributed by atoms with van der Waals surface area (Å²) in [6.07, 6.45) is 1.75. The van der Waals surface area contributed by atoms with Crippen LogP contribution >= 0.6 is 11.6 Å². The molecule has 6 nitrogen and oxygen atoms in total. The van der Waals surface area contributed by atoms with E-state index in [4.69, 9.17) is 16.3 Å². The number of likely N-dealkylation sites (N-methyl/N-ethyl adjacent to an activating group) is 1. The molecule has 0 aliphatic carbocycles. The van der Waals surface area contributed by atoms with E-state index in [0.717, 1.165) is 31.1 Å². The van der Waals surface area contributed by atoms with Crippen LogP contribution in [0, 0.1) is 0 Å². The van der Waals surface area contributed by atoms with Crippen LogP contribution in [0.2, 0.25) is 5.15 Å². The van der Waals surface area contributed by atoms with Gasteiger partial charge in [-0.2, -0.15) is 0 Å². The molecule has 162 valence electrons. The number of carbonyl (C=O) groups is 1. The van der Waals surface area contributed by atoms with Crippen LogP contribution in [0.4, 0.5) is 0 Å². The van der Waals surface area contributed by atoms with Gasteiger partial charge in [-0.05, 0) is 64.1 Å². The Hall–Kier alpha value is -2.02. The molecule has 1 aromatic carbocycles. The molecule has 1 amide bonds. The summed E-state index contributed by atoms with van der Waals surface area (Å²) in [5.74, 6) is 0.630. The third-order valence-corrected chi connectivity index (χ3v) is 6.84. The second-order valence-corrected chi connectivity index (χ2v) is 8.97. The molecule has 0 saturated carbocycles. The van der Waals surface area contributed by atoms with Gasteiger partial charge in [-0.15, -0.1) is 0 Å². The van der Waals surface area contributed by atoms with E-state index in [1.807, 2.05) is 24.8 Å². The Bertz CT molecular complexity index is 932. The lowest BCUT2D eigenvalue weighted by molar-refractivity contribution is 0.0131. The molecule has 0 bridgehead atoms. The first kappa shape index (κ1) is 21.2. The van der Waals surface area contributed by atoms with E-state index in [-0.39, 0.29) is 24.2 Å². The monoisotopic (exact) mass is 431 g/mol. The molecular weight excluding hydrogens is 402 g/mol. The van der Waals surface area contributed by atoms with E-state index in [1.54, 1.807) is 18.2 Å². The first-order valence-corrected chi connectivity index (χ1v) is 11.0. The molecule has 0 radical (unpaired) electrons. The molecule has 0 atom stereocenters. The van der Waals surface area contributed by atoms with Crippen LogP contribution in [0.1, 0.15) is 48.3 Å². The molecular formula is C23H30ClN3O3. The van der Waals surface area contributed by atoms with Gasteiger partial charge in [-0.3, -0.25) is 9.69 Å². The smallest absolute Gasteiger partial charge is 0.253 e. The number of aliphatic hydroxyl groups is 1. The van der Waals surface area contributed by atoms with E-state index >= 15 is 0 Å². The lowest BCUT2D eigenvalue weighted by atomic mass is 9.81. The molecule has 30 heavy (non-hydrogen) atoms. The number of amides is 1. The van der Waals surface area contributed by atoms with Crippen LogP contribution < -0.4 is 4.74 Å². The summed E-state index contributed by atoms with van der Waals surface area (Å²) < 4.78 is 7.94. The average Bonchev–Trinajstić information content (AvgIpc) is 3.12. The molecule has 2 aromatic rings. The fourth-order valence-corrected chi connectivity index (χ4v) is 5.08. The summed E-state index contributed by atoms with van der Waals surface area (Å²) in [6.45, 7) is 6.94. The van der Waals surface area contributed by atoms with Gasteiger partial charge in [0.05, 0.1) is 18.2 Å². The summed E-state index contributed by atoms with van der Waals surface area (Å²) in [7, 11) is 2.17. The quantitative estimate of drug-likeness (QED) is 0.805. The molecule has 1 N–H and O–H groups in total. The Morgan fingerprint density at radius 3 is 2.57 bits per heavy atom. The molecule has 1 spiro atoms. The highest BCUT2D eigenvalue weighted by Gasteiger charge is 2.44. The number of hydrogen-bond acceptors (Lipinski definition) is 4. The number of halogens is 1. The van der Waals surface area contributed by atoms with Gasteiger partial charge in [-0.25, -0.2) is 0 Å². The minimum absolute atomic E-state index is 0.00234. The first-order chi connectivity index (χ1) is 14.4. The zero-order valence-corrected chi connectivity index (χ0v) is 18.7. The van der Waals surface area contributed by atoms with Crippen LogP contribution in [0.25, 0.3) is 0 Å². The second-order valence-electron chi connectivity index (χ2n) is 8.59. The number of rotatable bonds is 4. The van der Waals surface area contributed by atoms with Crippen molar-refractivity contribution in [2.75, 3.05) is 26.7 Å². The van der Waals surface area contributed by atoms with Crippen molar-refractivity contribution in [2.24, 2.45) is 0 Å². The lowest BCUT2D eigenvalue weighted by Gasteiger charge is -2.50. The van der Waals surface area contributed by atoms with E-state index in [9.17, 15) is 9.90 Å². The topological polar surface area (TPSA) is 57.9 Å². The highest BCUT2D eigenvalue weighted by Crippen LogP contribution is 2.42. The van der Waals surface area contributed by atoms with E-state index in [1.165, 1.54) is 5.69 Å². The van der Waals surface area contributed by atoms with Crippen LogP contribution in [0.3, 0.4) is 0 Å². The molecule has 3 heterocycles. The highest BCUT2D eigenvalue weighted by molar-refractivity contribution is 6.29. The molecule has 1 aromatic heterocycles. The maximum atomic E-state index is 13.2. The number of benzene rings is 1. The summed E-state index contributed by atoms with van der Waals surface area (Å²) in [6, 6.07) is 9.44. The SMILES string of the molecule is CC(C)Oc1ccc(C(=O)N2CCC3(CC2)c2ccc(Cl)n2CCN3C)cc1CO. The Morgan fingerprint density at radius 2 is 1.90 bits per heavy atom. The number of carbonyl (C=O) groups excluding carboxylic acids is 1. The fourth-order valence-electron chi connectivity index (χ4n) is 4.84. The maximum absolute atomic E-state index is 13.2. The Labute approximate surface area is 183 Å². The zero-order valence-electron chi connectivity index (χ0n) is 17.9. The van der Waals surface area contributed by atoms with Crippen molar-refractivity contribution in [3.63, 3.8) is 0 Å². The third-order valence-electron chi connectivity index (χ3n) is 6.51. The van der Waals surface area contributed by atoms with Gasteiger partial charge in [-0.1, -0.05) is 11.6 Å². The van der Waals surface area contributed by atoms with Crippen molar-refractivity contribution in [3.8, 4) is 5.75 Å². The van der Waals surface area contributed by atoms with Crippen molar-refractivity contribution in [1.82, 2.24) is 14.4 Å². The average molecular weight is 432 g/mol. The number of aliphatic hydroxyl groups excluding tert-OH is 1. The number of likely N-dealkylation sites (tertiary alicyclic amines) is 1. The van der Waals surface area contributed by atoms with Gasteiger partial charge in [0.1, 0.15) is 10.9 Å². The van der Waals surface area contributed by atoms with Crippen molar-refractivity contribution in [3.05, 3.63) is 52.3 Å². The first-order valence-electron chi connectivity index (χ1n) is 10.6. The molecule has 4 rings (SSSR count). The predicted molar refractivity (Wildman–Crippen MR) is 117 cm³/mol. The number of aromatic nitrogens is 1. The minimum Gasteiger partial charge on any atom is -0.491 e. The van der Waals surface area contributed by atoms with Gasteiger partial charge in [0.15, 0.2) is 0 Å². The van der Waals surface area contributed by atoms with Crippen LogP contribution in [0.15, 0.2) is 30.3 Å². The summed E-state index contributed by atoms with van der Waals surface area (Å²) in [5, 5.41) is 10.5. The molecule has 1 saturated heterocycles. The zero-order chi connectivity index (χ0) is 21.5. The lowest BCUT2D eigenvalue weighted by Crippen LogP contribution is -2.56. The highest BCUT2D eigenvalue weighted by atomic mass is 35.5. The minimum atomic E-state index is -0.158. The number of hydrogen-bond donors (Lipinski definition) is 1. The fraction of sp³-hybridized carbons (Fsp3) is 0.522. The molecule has 0 unspecified atom stereocenters. The summed E-state index contributed by atoms with van der Waals surface area (Å²) in [5.41, 5.74) is 2.41. The number of ether oxygens (including phenoxy) is 1. The number of nitrogens with zero attached hydrogens (tertiary/aromatic N) is 3. The second kappa shape index (κ2) is 8.25.